The Labute approximate surface area is 115 Å². The Bertz CT molecular complexity index is 357. The van der Waals surface area contributed by atoms with E-state index in [0.29, 0.717) is 6.04 Å². The average Bonchev–Trinajstić information content (AvgIpc) is 3.08. The van der Waals surface area contributed by atoms with Crippen molar-refractivity contribution < 1.29 is 0 Å². The molecular weight excluding hydrogens is 240 g/mol. The molecule has 1 atom stereocenters. The Balaban J connectivity index is 1.77. The molecule has 0 aliphatic heterocycles. The van der Waals surface area contributed by atoms with Gasteiger partial charge in [0, 0.05) is 34.9 Å². The van der Waals surface area contributed by atoms with Gasteiger partial charge in [-0.05, 0) is 45.4 Å². The van der Waals surface area contributed by atoms with E-state index in [1.807, 2.05) is 11.3 Å². The highest BCUT2D eigenvalue weighted by molar-refractivity contribution is 7.11. The molecule has 0 aromatic carbocycles. The molecule has 2 rings (SSSR count). The van der Waals surface area contributed by atoms with Crippen LogP contribution in [-0.4, -0.2) is 24.0 Å². The maximum atomic E-state index is 3.58. The zero-order valence-electron chi connectivity index (χ0n) is 11.9. The minimum Gasteiger partial charge on any atom is -0.309 e. The summed E-state index contributed by atoms with van der Waals surface area (Å²) >= 11 is 1.96. The van der Waals surface area contributed by atoms with Crippen molar-refractivity contribution in [2.24, 2.45) is 0 Å². The van der Waals surface area contributed by atoms with Crippen LogP contribution in [0.25, 0.3) is 0 Å². The SMILES string of the molecule is CCCC(C)N(C)Cc1ccc(CNC2CC2)s1. The molecule has 1 fully saturated rings. The highest BCUT2D eigenvalue weighted by Gasteiger charge is 2.20. The normalized spacial score (nSPS) is 17.3. The first-order chi connectivity index (χ1) is 8.69. The number of hydrogen-bond acceptors (Lipinski definition) is 3. The van der Waals surface area contributed by atoms with E-state index in [1.165, 1.54) is 35.4 Å². The number of nitrogens with one attached hydrogen (secondary N) is 1. The summed E-state index contributed by atoms with van der Waals surface area (Å²) in [6.07, 6.45) is 5.30. The van der Waals surface area contributed by atoms with Crippen molar-refractivity contribution in [1.82, 2.24) is 10.2 Å². The van der Waals surface area contributed by atoms with Gasteiger partial charge >= 0.3 is 0 Å². The highest BCUT2D eigenvalue weighted by Crippen LogP contribution is 2.22. The van der Waals surface area contributed by atoms with Gasteiger partial charge in [0.05, 0.1) is 0 Å². The Morgan fingerprint density at radius 1 is 1.39 bits per heavy atom. The third kappa shape index (κ3) is 4.38. The number of hydrogen-bond donors (Lipinski definition) is 1. The quantitative estimate of drug-likeness (QED) is 0.773. The molecule has 18 heavy (non-hydrogen) atoms. The topological polar surface area (TPSA) is 15.3 Å². The van der Waals surface area contributed by atoms with Crippen LogP contribution in [0.4, 0.5) is 0 Å². The second-order valence-electron chi connectivity index (χ2n) is 5.58. The number of nitrogens with zero attached hydrogens (tertiary/aromatic N) is 1. The molecule has 3 heteroatoms. The molecule has 0 amide bonds. The minimum absolute atomic E-state index is 0.685. The van der Waals surface area contributed by atoms with Crippen LogP contribution in [0.3, 0.4) is 0 Å². The van der Waals surface area contributed by atoms with Gasteiger partial charge in [0.15, 0.2) is 0 Å². The molecule has 1 aromatic rings. The van der Waals surface area contributed by atoms with E-state index in [2.05, 4.69) is 43.2 Å². The fraction of sp³-hybridized carbons (Fsp3) is 0.733. The summed E-state index contributed by atoms with van der Waals surface area (Å²) in [6, 6.07) is 6.07. The molecule has 1 aliphatic carbocycles. The smallest absolute Gasteiger partial charge is 0.0327 e. The molecule has 1 aromatic heterocycles. The van der Waals surface area contributed by atoms with Gasteiger partial charge in [0.2, 0.25) is 0 Å². The first-order valence-electron chi connectivity index (χ1n) is 7.20. The summed E-state index contributed by atoms with van der Waals surface area (Å²) in [5.41, 5.74) is 0. The molecule has 2 nitrogen and oxygen atoms in total. The molecule has 102 valence electrons. The van der Waals surface area contributed by atoms with Gasteiger partial charge in [-0.25, -0.2) is 0 Å². The lowest BCUT2D eigenvalue weighted by atomic mass is 10.2. The molecule has 0 bridgehead atoms. The minimum atomic E-state index is 0.685. The van der Waals surface area contributed by atoms with Crippen LogP contribution in [0.15, 0.2) is 12.1 Å². The first-order valence-corrected chi connectivity index (χ1v) is 8.02. The van der Waals surface area contributed by atoms with Gasteiger partial charge in [0.25, 0.3) is 0 Å². The molecule has 0 radical (unpaired) electrons. The fourth-order valence-corrected chi connectivity index (χ4v) is 3.21. The van der Waals surface area contributed by atoms with Crippen LogP contribution < -0.4 is 5.32 Å². The van der Waals surface area contributed by atoms with E-state index in [1.54, 1.807) is 0 Å². The van der Waals surface area contributed by atoms with Crippen molar-refractivity contribution in [2.75, 3.05) is 7.05 Å². The summed E-state index contributed by atoms with van der Waals surface area (Å²) in [4.78, 5) is 5.44. The average molecular weight is 266 g/mol. The van der Waals surface area contributed by atoms with Crippen molar-refractivity contribution in [1.29, 1.82) is 0 Å². The Morgan fingerprint density at radius 3 is 2.78 bits per heavy atom. The third-order valence-corrected chi connectivity index (χ3v) is 4.79. The van der Waals surface area contributed by atoms with Crippen molar-refractivity contribution in [3.63, 3.8) is 0 Å². The van der Waals surface area contributed by atoms with E-state index < -0.39 is 0 Å². The summed E-state index contributed by atoms with van der Waals surface area (Å²) < 4.78 is 0. The molecule has 1 N–H and O–H groups in total. The third-order valence-electron chi connectivity index (χ3n) is 3.72. The van der Waals surface area contributed by atoms with E-state index in [9.17, 15) is 0 Å². The molecule has 0 saturated heterocycles. The lowest BCUT2D eigenvalue weighted by Crippen LogP contribution is -2.27. The molecule has 1 saturated carbocycles. The summed E-state index contributed by atoms with van der Waals surface area (Å²) in [6.45, 7) is 6.74. The van der Waals surface area contributed by atoms with Crippen LogP contribution in [-0.2, 0) is 13.1 Å². The van der Waals surface area contributed by atoms with Crippen LogP contribution in [0.1, 0.15) is 49.3 Å². The lowest BCUT2D eigenvalue weighted by Gasteiger charge is -2.23. The maximum Gasteiger partial charge on any atom is 0.0327 e. The molecule has 0 spiro atoms. The summed E-state index contributed by atoms with van der Waals surface area (Å²) in [5, 5.41) is 3.58. The van der Waals surface area contributed by atoms with Gasteiger partial charge < -0.3 is 5.32 Å². The van der Waals surface area contributed by atoms with Crippen LogP contribution in [0, 0.1) is 0 Å². The first kappa shape index (κ1) is 14.0. The van der Waals surface area contributed by atoms with Gasteiger partial charge in [-0.2, -0.15) is 0 Å². The van der Waals surface area contributed by atoms with E-state index in [-0.39, 0.29) is 0 Å². The van der Waals surface area contributed by atoms with Gasteiger partial charge in [0.1, 0.15) is 0 Å². The largest absolute Gasteiger partial charge is 0.309 e. The second-order valence-corrected chi connectivity index (χ2v) is 6.83. The van der Waals surface area contributed by atoms with E-state index >= 15 is 0 Å². The van der Waals surface area contributed by atoms with Crippen molar-refractivity contribution in [3.8, 4) is 0 Å². The standard InChI is InChI=1S/C15H26N2S/c1-4-5-12(2)17(3)11-15-9-8-14(18-15)10-16-13-6-7-13/h8-9,12-13,16H,4-7,10-11H2,1-3H3. The summed E-state index contributed by atoms with van der Waals surface area (Å²) in [7, 11) is 2.24. The Hall–Kier alpha value is -0.380. The Kier molecular flexibility index (Phi) is 5.22. The Morgan fingerprint density at radius 2 is 2.11 bits per heavy atom. The predicted molar refractivity (Wildman–Crippen MR) is 80.0 cm³/mol. The summed E-state index contributed by atoms with van der Waals surface area (Å²) in [5.74, 6) is 0. The molecular formula is C15H26N2S. The van der Waals surface area contributed by atoms with Crippen molar-refractivity contribution >= 4 is 11.3 Å². The van der Waals surface area contributed by atoms with Gasteiger partial charge in [-0.3, -0.25) is 4.90 Å². The van der Waals surface area contributed by atoms with Crippen molar-refractivity contribution in [3.05, 3.63) is 21.9 Å². The predicted octanol–water partition coefficient (Wildman–Crippen LogP) is 3.62. The van der Waals surface area contributed by atoms with Crippen molar-refractivity contribution in [2.45, 2.75) is 64.7 Å². The monoisotopic (exact) mass is 266 g/mol. The van der Waals surface area contributed by atoms with E-state index in [4.69, 9.17) is 0 Å². The maximum absolute atomic E-state index is 3.58. The van der Waals surface area contributed by atoms with Gasteiger partial charge in [-0.1, -0.05) is 13.3 Å². The van der Waals surface area contributed by atoms with Crippen LogP contribution in [0.5, 0.6) is 0 Å². The van der Waals surface area contributed by atoms with Gasteiger partial charge in [-0.15, -0.1) is 11.3 Å². The van der Waals surface area contributed by atoms with E-state index in [0.717, 1.165) is 19.1 Å². The molecule has 1 unspecified atom stereocenters. The fourth-order valence-electron chi connectivity index (χ4n) is 2.17. The van der Waals surface area contributed by atoms with Crippen LogP contribution in [0.2, 0.25) is 0 Å². The second kappa shape index (κ2) is 6.69. The highest BCUT2D eigenvalue weighted by atomic mass is 32.1. The zero-order valence-corrected chi connectivity index (χ0v) is 12.7. The number of thiophene rings is 1. The lowest BCUT2D eigenvalue weighted by molar-refractivity contribution is 0.239. The molecule has 1 aliphatic rings. The molecule has 1 heterocycles. The van der Waals surface area contributed by atoms with Crippen LogP contribution >= 0.6 is 11.3 Å². The number of rotatable bonds is 8. The zero-order chi connectivity index (χ0) is 13.0.